The van der Waals surface area contributed by atoms with E-state index in [0.717, 1.165) is 31.3 Å². The van der Waals surface area contributed by atoms with Gasteiger partial charge in [0, 0.05) is 5.92 Å². The third-order valence-electron chi connectivity index (χ3n) is 14.9. The Morgan fingerprint density at radius 1 is 0.696 bits per heavy atom. The Hall–Kier alpha value is -1.43. The molecular weight excluding hydrogens is 744 g/mol. The Balaban J connectivity index is 1.13. The second-order valence-corrected chi connectivity index (χ2v) is 17.9. The third-order valence-corrected chi connectivity index (χ3v) is 14.9. The smallest absolute Gasteiger partial charge is 0.314 e. The number of fused-ring (bicyclic) bond motifs is 3. The third kappa shape index (κ3) is 6.88. The summed E-state index contributed by atoms with van der Waals surface area (Å²) in [5, 5.41) is 114. The van der Waals surface area contributed by atoms with Crippen LogP contribution in [-0.4, -0.2) is 180 Å². The highest BCUT2D eigenvalue weighted by molar-refractivity contribution is 5.77. The predicted octanol–water partition coefficient (Wildman–Crippen LogP) is -3.08. The van der Waals surface area contributed by atoms with E-state index < -0.39 is 135 Å². The number of aliphatic hydroxyl groups excluding tert-OH is 11. The highest BCUT2D eigenvalue weighted by atomic mass is 16.8. The van der Waals surface area contributed by atoms with E-state index in [9.17, 15) is 61.0 Å². The average molecular weight is 805 g/mol. The van der Waals surface area contributed by atoms with Crippen LogP contribution in [0.4, 0.5) is 0 Å². The van der Waals surface area contributed by atoms with Crippen LogP contribution in [0.2, 0.25) is 0 Å². The van der Waals surface area contributed by atoms with Crippen LogP contribution in [0.15, 0.2) is 12.2 Å². The molecule has 0 amide bonds. The normalized spacial score (nSPS) is 54.6. The van der Waals surface area contributed by atoms with E-state index in [2.05, 4.69) is 13.5 Å². The molecule has 0 unspecified atom stereocenters. The fraction of sp³-hybridized carbons (Fsp3) is 0.921. The molecule has 0 radical (unpaired) electrons. The SMILES string of the molecule is C=C1C[C@@]23CC[C@@H]4[C@@](C)(CCC[C@@]4(C)C(=O)O[C@H]4O[C@@H](CO)[C@H](O)[C@@H](O)[C@@H]4O)[C@@H]2C[C@@H](O[C@H]2O[C@H](CO)[C@@H](O)[C@H](O)[C@H]2O[C@@H]2O[C@H](CO)[C@@H](O)[C@H](O)[C@H]2O)[C@H]1C3. The Labute approximate surface area is 324 Å². The van der Waals surface area contributed by atoms with Crippen molar-refractivity contribution in [3.8, 4) is 0 Å². The zero-order chi connectivity index (χ0) is 40.6. The minimum absolute atomic E-state index is 0.00788. The molecule has 7 aliphatic rings. The number of rotatable bonds is 9. The van der Waals surface area contributed by atoms with Crippen LogP contribution in [0.1, 0.15) is 65.2 Å². The number of carbonyl (C=O) groups excluding carboxylic acids is 1. The van der Waals surface area contributed by atoms with E-state index in [-0.39, 0.29) is 23.2 Å². The molecule has 3 aliphatic heterocycles. The summed E-state index contributed by atoms with van der Waals surface area (Å²) in [7, 11) is 0. The zero-order valence-corrected chi connectivity index (χ0v) is 31.7. The molecule has 3 heterocycles. The van der Waals surface area contributed by atoms with Crippen molar-refractivity contribution in [3.05, 3.63) is 12.2 Å². The second kappa shape index (κ2) is 15.9. The molecule has 0 aromatic carbocycles. The van der Waals surface area contributed by atoms with Crippen LogP contribution >= 0.6 is 0 Å². The lowest BCUT2D eigenvalue weighted by atomic mass is 9.41. The first kappa shape index (κ1) is 42.7. The Morgan fingerprint density at radius 2 is 1.25 bits per heavy atom. The van der Waals surface area contributed by atoms with Gasteiger partial charge in [0.2, 0.25) is 6.29 Å². The maximum atomic E-state index is 14.2. The van der Waals surface area contributed by atoms with Crippen molar-refractivity contribution in [2.24, 2.45) is 34.0 Å². The minimum atomic E-state index is -1.81. The first-order chi connectivity index (χ1) is 26.4. The molecule has 7 rings (SSSR count). The van der Waals surface area contributed by atoms with E-state index in [1.165, 1.54) is 0 Å². The van der Waals surface area contributed by atoms with Gasteiger partial charge >= 0.3 is 5.97 Å². The van der Waals surface area contributed by atoms with E-state index >= 15 is 0 Å². The highest BCUT2D eigenvalue weighted by Crippen LogP contribution is 2.72. The quantitative estimate of drug-likeness (QED) is 0.0626. The fourth-order valence-corrected chi connectivity index (χ4v) is 11.9. The zero-order valence-electron chi connectivity index (χ0n) is 31.7. The molecule has 0 aromatic heterocycles. The lowest BCUT2D eigenvalue weighted by molar-refractivity contribution is -0.374. The van der Waals surface area contributed by atoms with Gasteiger partial charge in [0.25, 0.3) is 0 Å². The van der Waals surface area contributed by atoms with Gasteiger partial charge in [-0.15, -0.1) is 0 Å². The standard InChI is InChI=1S/C38H60O18/c1-15-10-38-8-5-21-36(2,6-4-7-37(21,3)35(50)56-33-30(49)27(46)24(43)19(13-40)53-33)22(38)9-17(16(15)11-38)51-34-31(28(47)25(44)20(14-41)54-34)55-32-29(48)26(45)23(42)18(12-39)52-32/h16-34,39-49H,1,4-14H2,2-3H3/t16-,17+,18+,19-,20+,21+,22-,23+,24-,25+,26-,27+,28-,29+,30-,31+,32-,33+,34-,36+,37+,38+/m0/s1. The van der Waals surface area contributed by atoms with Crippen molar-refractivity contribution >= 4 is 5.97 Å². The molecule has 0 aromatic rings. The van der Waals surface area contributed by atoms with Crippen molar-refractivity contribution in [1.82, 2.24) is 0 Å². The van der Waals surface area contributed by atoms with Crippen LogP contribution in [0.3, 0.4) is 0 Å². The van der Waals surface area contributed by atoms with E-state index in [4.69, 9.17) is 28.4 Å². The van der Waals surface area contributed by atoms with Gasteiger partial charge < -0.3 is 84.6 Å². The molecule has 320 valence electrons. The molecular formula is C38H60O18. The number of hydrogen-bond donors (Lipinski definition) is 11. The fourth-order valence-electron chi connectivity index (χ4n) is 11.9. The Morgan fingerprint density at radius 3 is 1.86 bits per heavy atom. The van der Waals surface area contributed by atoms with E-state index in [0.29, 0.717) is 25.7 Å². The monoisotopic (exact) mass is 804 g/mol. The average Bonchev–Trinajstić information content (AvgIpc) is 3.44. The summed E-state index contributed by atoms with van der Waals surface area (Å²) in [6.45, 7) is 6.43. The van der Waals surface area contributed by atoms with Crippen LogP contribution in [0, 0.1) is 34.0 Å². The Bertz CT molecular complexity index is 1430. The van der Waals surface area contributed by atoms with Crippen LogP contribution in [0.5, 0.6) is 0 Å². The molecule has 3 saturated heterocycles. The number of hydrogen-bond acceptors (Lipinski definition) is 18. The van der Waals surface area contributed by atoms with Gasteiger partial charge in [-0.05, 0) is 74.5 Å². The van der Waals surface area contributed by atoms with Crippen molar-refractivity contribution < 1.29 is 89.4 Å². The lowest BCUT2D eigenvalue weighted by Gasteiger charge is -2.64. The summed E-state index contributed by atoms with van der Waals surface area (Å²) in [4.78, 5) is 14.2. The largest absolute Gasteiger partial charge is 0.432 e. The molecule has 56 heavy (non-hydrogen) atoms. The predicted molar refractivity (Wildman–Crippen MR) is 186 cm³/mol. The molecule has 4 saturated carbocycles. The highest BCUT2D eigenvalue weighted by Gasteiger charge is 2.68. The van der Waals surface area contributed by atoms with Gasteiger partial charge in [0.15, 0.2) is 12.6 Å². The first-order valence-corrected chi connectivity index (χ1v) is 19.9. The maximum Gasteiger partial charge on any atom is 0.314 e. The number of ether oxygens (including phenoxy) is 6. The summed E-state index contributed by atoms with van der Waals surface area (Å²) < 4.78 is 35.5. The van der Waals surface area contributed by atoms with Gasteiger partial charge in [-0.3, -0.25) is 4.79 Å². The molecule has 11 N–H and O–H groups in total. The summed E-state index contributed by atoms with van der Waals surface area (Å²) in [5.41, 5.74) is -0.627. The molecule has 18 heteroatoms. The first-order valence-electron chi connectivity index (χ1n) is 19.9. The summed E-state index contributed by atoms with van der Waals surface area (Å²) in [6, 6.07) is 0. The molecule has 4 aliphatic carbocycles. The lowest BCUT2D eigenvalue weighted by Crippen LogP contribution is -2.65. The van der Waals surface area contributed by atoms with Crippen molar-refractivity contribution in [2.45, 2.75) is 163 Å². The van der Waals surface area contributed by atoms with E-state index in [1.54, 1.807) is 0 Å². The van der Waals surface area contributed by atoms with Gasteiger partial charge in [0.1, 0.15) is 73.2 Å². The molecule has 22 atom stereocenters. The van der Waals surface area contributed by atoms with Crippen molar-refractivity contribution in [1.29, 1.82) is 0 Å². The van der Waals surface area contributed by atoms with Crippen LogP contribution in [-0.2, 0) is 33.2 Å². The van der Waals surface area contributed by atoms with Gasteiger partial charge in [-0.25, -0.2) is 0 Å². The van der Waals surface area contributed by atoms with Crippen molar-refractivity contribution in [3.63, 3.8) is 0 Å². The molecule has 2 bridgehead atoms. The molecule has 7 fully saturated rings. The second-order valence-electron chi connectivity index (χ2n) is 17.9. The number of carbonyl (C=O) groups is 1. The number of aliphatic hydroxyl groups is 11. The van der Waals surface area contributed by atoms with Gasteiger partial charge in [-0.1, -0.05) is 25.5 Å². The van der Waals surface area contributed by atoms with Crippen LogP contribution in [0.25, 0.3) is 0 Å². The summed E-state index contributed by atoms with van der Waals surface area (Å²) in [5.74, 6) is -0.943. The summed E-state index contributed by atoms with van der Waals surface area (Å²) in [6.07, 6.45) is -18.9. The molecule has 1 spiro atoms. The topological polar surface area (TPSA) is 295 Å². The minimum Gasteiger partial charge on any atom is -0.432 e. The van der Waals surface area contributed by atoms with Gasteiger partial charge in [0.05, 0.1) is 31.3 Å². The maximum absolute atomic E-state index is 14.2. The van der Waals surface area contributed by atoms with Gasteiger partial charge in [-0.2, -0.15) is 0 Å². The van der Waals surface area contributed by atoms with Crippen molar-refractivity contribution in [2.75, 3.05) is 19.8 Å². The van der Waals surface area contributed by atoms with Crippen LogP contribution < -0.4 is 0 Å². The number of esters is 1. The Kier molecular flexibility index (Phi) is 12.1. The summed E-state index contributed by atoms with van der Waals surface area (Å²) >= 11 is 0. The molecule has 18 nitrogen and oxygen atoms in total. The van der Waals surface area contributed by atoms with E-state index in [1.807, 2.05) is 6.92 Å².